The van der Waals surface area contributed by atoms with Crippen molar-refractivity contribution >= 4 is 11.6 Å². The van der Waals surface area contributed by atoms with Gasteiger partial charge < -0.3 is 15.8 Å². The summed E-state index contributed by atoms with van der Waals surface area (Å²) >= 11 is 0. The molecule has 0 aliphatic carbocycles. The SMILES string of the molecule is C=C(C)COCCNC(=O)C(C)(C)c1ccc(N)cc1. The Morgan fingerprint density at radius 2 is 1.95 bits per heavy atom. The van der Waals surface area contributed by atoms with E-state index in [-0.39, 0.29) is 5.91 Å². The summed E-state index contributed by atoms with van der Waals surface area (Å²) in [6.45, 7) is 10.9. The topological polar surface area (TPSA) is 64.3 Å². The summed E-state index contributed by atoms with van der Waals surface area (Å²) < 4.78 is 5.35. The van der Waals surface area contributed by atoms with Crippen LogP contribution >= 0.6 is 0 Å². The second-order valence-electron chi connectivity index (χ2n) is 5.51. The number of nitrogens with one attached hydrogen (secondary N) is 1. The highest BCUT2D eigenvalue weighted by atomic mass is 16.5. The molecule has 0 bridgehead atoms. The maximum Gasteiger partial charge on any atom is 0.230 e. The van der Waals surface area contributed by atoms with E-state index in [1.54, 1.807) is 12.1 Å². The van der Waals surface area contributed by atoms with Crippen molar-refractivity contribution in [1.82, 2.24) is 5.32 Å². The van der Waals surface area contributed by atoms with Crippen molar-refractivity contribution in [2.75, 3.05) is 25.5 Å². The molecule has 20 heavy (non-hydrogen) atoms. The molecule has 3 N–H and O–H groups in total. The number of hydrogen-bond donors (Lipinski definition) is 2. The molecular formula is C16H24N2O2. The van der Waals surface area contributed by atoms with Gasteiger partial charge in [-0.3, -0.25) is 4.79 Å². The highest BCUT2D eigenvalue weighted by molar-refractivity contribution is 5.87. The fourth-order valence-corrected chi connectivity index (χ4v) is 1.73. The fourth-order valence-electron chi connectivity index (χ4n) is 1.73. The van der Waals surface area contributed by atoms with E-state index in [0.29, 0.717) is 25.4 Å². The van der Waals surface area contributed by atoms with Crippen molar-refractivity contribution < 1.29 is 9.53 Å². The molecule has 0 heterocycles. The van der Waals surface area contributed by atoms with Gasteiger partial charge in [0.2, 0.25) is 5.91 Å². The summed E-state index contributed by atoms with van der Waals surface area (Å²) in [4.78, 5) is 12.2. The van der Waals surface area contributed by atoms with E-state index in [0.717, 1.165) is 11.1 Å². The third-order valence-corrected chi connectivity index (χ3v) is 3.08. The zero-order chi connectivity index (χ0) is 15.2. The second kappa shape index (κ2) is 7.10. The van der Waals surface area contributed by atoms with E-state index in [1.807, 2.05) is 32.9 Å². The van der Waals surface area contributed by atoms with Crippen LogP contribution in [0.4, 0.5) is 5.69 Å². The van der Waals surface area contributed by atoms with Crippen LogP contribution in [0, 0.1) is 0 Å². The van der Waals surface area contributed by atoms with E-state index in [4.69, 9.17) is 10.5 Å². The Labute approximate surface area is 121 Å². The lowest BCUT2D eigenvalue weighted by Gasteiger charge is -2.24. The van der Waals surface area contributed by atoms with Gasteiger partial charge in [-0.05, 0) is 38.5 Å². The molecule has 110 valence electrons. The van der Waals surface area contributed by atoms with Gasteiger partial charge in [0, 0.05) is 12.2 Å². The van der Waals surface area contributed by atoms with Gasteiger partial charge in [-0.25, -0.2) is 0 Å². The zero-order valence-corrected chi connectivity index (χ0v) is 12.5. The predicted octanol–water partition coefficient (Wildman–Crippen LogP) is 2.26. The molecule has 1 aromatic carbocycles. The Kier molecular flexibility index (Phi) is 5.77. The molecule has 1 aromatic rings. The van der Waals surface area contributed by atoms with Crippen LogP contribution in [0.25, 0.3) is 0 Å². The van der Waals surface area contributed by atoms with Gasteiger partial charge in [-0.1, -0.05) is 24.3 Å². The van der Waals surface area contributed by atoms with E-state index >= 15 is 0 Å². The minimum Gasteiger partial charge on any atom is -0.399 e. The highest BCUT2D eigenvalue weighted by Crippen LogP contribution is 2.24. The summed E-state index contributed by atoms with van der Waals surface area (Å²) in [6.07, 6.45) is 0. The Bertz CT molecular complexity index is 464. The van der Waals surface area contributed by atoms with Crippen molar-refractivity contribution in [2.45, 2.75) is 26.2 Å². The number of amides is 1. The van der Waals surface area contributed by atoms with E-state index in [2.05, 4.69) is 11.9 Å². The van der Waals surface area contributed by atoms with Crippen molar-refractivity contribution in [3.8, 4) is 0 Å². The Hall–Kier alpha value is -1.81. The lowest BCUT2D eigenvalue weighted by molar-refractivity contribution is -0.125. The first kappa shape index (κ1) is 16.2. The number of carbonyl (C=O) groups excluding carboxylic acids is 1. The predicted molar refractivity (Wildman–Crippen MR) is 82.5 cm³/mol. The summed E-state index contributed by atoms with van der Waals surface area (Å²) in [5.41, 5.74) is 7.67. The van der Waals surface area contributed by atoms with Crippen molar-refractivity contribution in [1.29, 1.82) is 0 Å². The van der Waals surface area contributed by atoms with Crippen LogP contribution in [0.15, 0.2) is 36.4 Å². The number of ether oxygens (including phenoxy) is 1. The number of hydrogen-bond acceptors (Lipinski definition) is 3. The number of benzene rings is 1. The first-order valence-corrected chi connectivity index (χ1v) is 6.70. The normalized spacial score (nSPS) is 11.2. The molecule has 0 saturated heterocycles. The number of nitrogens with two attached hydrogens (primary N) is 1. The lowest BCUT2D eigenvalue weighted by atomic mass is 9.83. The Balaban J connectivity index is 2.48. The van der Waals surface area contributed by atoms with Gasteiger partial charge in [0.15, 0.2) is 0 Å². The van der Waals surface area contributed by atoms with Gasteiger partial charge in [0.1, 0.15) is 0 Å². The van der Waals surface area contributed by atoms with Crippen LogP contribution < -0.4 is 11.1 Å². The number of anilines is 1. The largest absolute Gasteiger partial charge is 0.399 e. The van der Waals surface area contributed by atoms with Crippen LogP contribution in [-0.4, -0.2) is 25.7 Å². The van der Waals surface area contributed by atoms with Gasteiger partial charge in [0.25, 0.3) is 0 Å². The fraction of sp³-hybridized carbons (Fsp3) is 0.438. The quantitative estimate of drug-likeness (QED) is 0.456. The standard InChI is InChI=1S/C16H24N2O2/c1-12(2)11-20-10-9-18-15(19)16(3,4)13-5-7-14(17)8-6-13/h5-8H,1,9-11,17H2,2-4H3,(H,18,19). The molecule has 0 aromatic heterocycles. The van der Waals surface area contributed by atoms with Crippen LogP contribution in [0.5, 0.6) is 0 Å². The molecule has 0 aliphatic heterocycles. The van der Waals surface area contributed by atoms with Crippen molar-refractivity contribution in [2.24, 2.45) is 0 Å². The monoisotopic (exact) mass is 276 g/mol. The molecule has 1 rings (SSSR count). The van der Waals surface area contributed by atoms with Crippen LogP contribution in [0.1, 0.15) is 26.3 Å². The van der Waals surface area contributed by atoms with Gasteiger partial charge in [-0.15, -0.1) is 0 Å². The molecule has 0 radical (unpaired) electrons. The number of rotatable bonds is 7. The zero-order valence-electron chi connectivity index (χ0n) is 12.5. The average molecular weight is 276 g/mol. The summed E-state index contributed by atoms with van der Waals surface area (Å²) in [7, 11) is 0. The molecule has 0 spiro atoms. The highest BCUT2D eigenvalue weighted by Gasteiger charge is 2.29. The van der Waals surface area contributed by atoms with Gasteiger partial charge in [0.05, 0.1) is 18.6 Å². The minimum absolute atomic E-state index is 0.0267. The molecule has 1 amide bonds. The molecule has 0 aliphatic rings. The van der Waals surface area contributed by atoms with Gasteiger partial charge >= 0.3 is 0 Å². The number of carbonyl (C=O) groups is 1. The molecule has 0 saturated carbocycles. The molecule has 0 atom stereocenters. The van der Waals surface area contributed by atoms with Crippen molar-refractivity contribution in [3.63, 3.8) is 0 Å². The van der Waals surface area contributed by atoms with Crippen LogP contribution in [0.3, 0.4) is 0 Å². The molecule has 0 unspecified atom stereocenters. The third kappa shape index (κ3) is 4.70. The summed E-state index contributed by atoms with van der Waals surface area (Å²) in [5, 5.41) is 2.88. The second-order valence-corrected chi connectivity index (χ2v) is 5.51. The molecule has 4 heteroatoms. The summed E-state index contributed by atoms with van der Waals surface area (Å²) in [6, 6.07) is 7.37. The van der Waals surface area contributed by atoms with Gasteiger partial charge in [-0.2, -0.15) is 0 Å². The maximum absolute atomic E-state index is 12.2. The van der Waals surface area contributed by atoms with E-state index < -0.39 is 5.41 Å². The smallest absolute Gasteiger partial charge is 0.230 e. The first-order valence-electron chi connectivity index (χ1n) is 6.70. The molecular weight excluding hydrogens is 252 g/mol. The minimum atomic E-state index is -0.595. The summed E-state index contributed by atoms with van der Waals surface area (Å²) in [5.74, 6) is -0.0267. The van der Waals surface area contributed by atoms with Crippen molar-refractivity contribution in [3.05, 3.63) is 42.0 Å². The first-order chi connectivity index (χ1) is 9.34. The lowest BCUT2D eigenvalue weighted by Crippen LogP contribution is -2.41. The maximum atomic E-state index is 12.2. The number of nitrogen functional groups attached to an aromatic ring is 1. The third-order valence-electron chi connectivity index (χ3n) is 3.08. The molecule has 0 fully saturated rings. The van der Waals surface area contributed by atoms with E-state index in [1.165, 1.54) is 0 Å². The van der Waals surface area contributed by atoms with E-state index in [9.17, 15) is 4.79 Å². The average Bonchev–Trinajstić information content (AvgIpc) is 2.38. The Morgan fingerprint density at radius 3 is 2.50 bits per heavy atom. The Morgan fingerprint density at radius 1 is 1.35 bits per heavy atom. The van der Waals surface area contributed by atoms with Crippen LogP contribution in [0.2, 0.25) is 0 Å². The molecule has 4 nitrogen and oxygen atoms in total. The van der Waals surface area contributed by atoms with Crippen LogP contribution in [-0.2, 0) is 14.9 Å².